The zero-order valence-corrected chi connectivity index (χ0v) is 21.3. The number of fused-ring (bicyclic) bond motifs is 1. The molecule has 0 aromatic heterocycles. The number of benzene rings is 3. The first-order chi connectivity index (χ1) is 17.3. The lowest BCUT2D eigenvalue weighted by molar-refractivity contribution is -0.127. The summed E-state index contributed by atoms with van der Waals surface area (Å²) in [7, 11) is 0.611. The normalized spacial score (nSPS) is 14.9. The minimum Gasteiger partial charge on any atom is -0.497 e. The van der Waals surface area contributed by atoms with Gasteiger partial charge in [0.2, 0.25) is 0 Å². The van der Waals surface area contributed by atoms with Gasteiger partial charge in [0.05, 0.1) is 38.5 Å². The number of amides is 1. The molecule has 1 heterocycles. The molecule has 0 saturated heterocycles. The first kappa shape index (κ1) is 25.2. The highest BCUT2D eigenvalue weighted by atomic mass is 32.2. The van der Waals surface area contributed by atoms with Crippen LogP contribution in [0.25, 0.3) is 0 Å². The third-order valence-electron chi connectivity index (χ3n) is 5.84. The Morgan fingerprint density at radius 1 is 0.972 bits per heavy atom. The molecular weight excluding hydrogens is 484 g/mol. The molecule has 1 aliphatic heterocycles. The van der Waals surface area contributed by atoms with E-state index in [0.717, 1.165) is 11.1 Å². The first-order valence-corrected chi connectivity index (χ1v) is 12.6. The van der Waals surface area contributed by atoms with E-state index in [0.29, 0.717) is 28.7 Å². The molecule has 3 aromatic rings. The Kier molecular flexibility index (Phi) is 7.25. The lowest BCUT2D eigenvalue weighted by Gasteiger charge is -2.35. The van der Waals surface area contributed by atoms with Gasteiger partial charge < -0.3 is 24.3 Å². The molecule has 0 saturated carbocycles. The van der Waals surface area contributed by atoms with Gasteiger partial charge >= 0.3 is 0 Å². The molecule has 36 heavy (non-hydrogen) atoms. The number of carbonyl (C=O) groups is 1. The molecular formula is C26H28N2O7S. The van der Waals surface area contributed by atoms with Gasteiger partial charge in [-0.05, 0) is 66.6 Å². The van der Waals surface area contributed by atoms with Crippen molar-refractivity contribution in [3.05, 3.63) is 71.8 Å². The van der Waals surface area contributed by atoms with Crippen molar-refractivity contribution in [2.24, 2.45) is 0 Å². The van der Waals surface area contributed by atoms with Gasteiger partial charge in [-0.2, -0.15) is 0 Å². The fourth-order valence-corrected chi connectivity index (χ4v) is 5.36. The molecule has 0 radical (unpaired) electrons. The number of aryl methyl sites for hydroxylation is 1. The van der Waals surface area contributed by atoms with Crippen LogP contribution in [0.15, 0.2) is 65.6 Å². The predicted molar refractivity (Wildman–Crippen MR) is 135 cm³/mol. The van der Waals surface area contributed by atoms with E-state index in [2.05, 4.69) is 5.32 Å². The zero-order chi connectivity index (χ0) is 25.9. The maximum absolute atomic E-state index is 13.6. The van der Waals surface area contributed by atoms with E-state index in [1.807, 2.05) is 13.0 Å². The van der Waals surface area contributed by atoms with E-state index < -0.39 is 22.0 Å². The van der Waals surface area contributed by atoms with Gasteiger partial charge in [0.25, 0.3) is 15.9 Å². The van der Waals surface area contributed by atoms with Gasteiger partial charge in [-0.15, -0.1) is 0 Å². The summed E-state index contributed by atoms with van der Waals surface area (Å²) in [6.07, 6.45) is -1.05. The number of carbonyl (C=O) groups excluding carboxylic acids is 1. The number of sulfonamides is 1. The third-order valence-corrected chi connectivity index (χ3v) is 7.63. The van der Waals surface area contributed by atoms with Crippen molar-refractivity contribution in [1.82, 2.24) is 5.32 Å². The molecule has 4 rings (SSSR count). The number of nitrogens with one attached hydrogen (secondary N) is 1. The van der Waals surface area contributed by atoms with E-state index in [4.69, 9.17) is 18.9 Å². The van der Waals surface area contributed by atoms with Gasteiger partial charge in [0, 0.05) is 6.54 Å². The Labute approximate surface area is 210 Å². The van der Waals surface area contributed by atoms with Crippen LogP contribution >= 0.6 is 0 Å². The van der Waals surface area contributed by atoms with Gasteiger partial charge in [-0.3, -0.25) is 9.10 Å². The standard InChI is InChI=1S/C26H28N2O7S/c1-17-5-11-22-21(13-17)28(36(30,31)20-9-7-19(32-2)8-10-20)16-25(35-22)26(29)27-15-18-6-12-23(33-3)24(14-18)34-4/h5-14,25H,15-16H2,1-4H3,(H,27,29). The second-order valence-electron chi connectivity index (χ2n) is 8.20. The average Bonchev–Trinajstić information content (AvgIpc) is 2.90. The molecule has 0 bridgehead atoms. The van der Waals surface area contributed by atoms with Crippen molar-refractivity contribution in [1.29, 1.82) is 0 Å². The van der Waals surface area contributed by atoms with E-state index >= 15 is 0 Å². The van der Waals surface area contributed by atoms with Crippen LogP contribution in [-0.4, -0.2) is 48.3 Å². The van der Waals surface area contributed by atoms with Crippen molar-refractivity contribution in [3.63, 3.8) is 0 Å². The number of anilines is 1. The van der Waals surface area contributed by atoms with E-state index in [9.17, 15) is 13.2 Å². The molecule has 10 heteroatoms. The van der Waals surface area contributed by atoms with E-state index in [1.165, 1.54) is 30.7 Å². The van der Waals surface area contributed by atoms with Crippen molar-refractivity contribution in [3.8, 4) is 23.0 Å². The van der Waals surface area contributed by atoms with E-state index in [1.54, 1.807) is 49.6 Å². The molecule has 1 aliphatic rings. The third kappa shape index (κ3) is 5.03. The maximum atomic E-state index is 13.6. The summed E-state index contributed by atoms with van der Waals surface area (Å²) in [4.78, 5) is 13.2. The lowest BCUT2D eigenvalue weighted by atomic mass is 10.1. The summed E-state index contributed by atoms with van der Waals surface area (Å²) < 4.78 is 50.1. The van der Waals surface area contributed by atoms with Crippen LogP contribution in [0.5, 0.6) is 23.0 Å². The molecule has 9 nitrogen and oxygen atoms in total. The molecule has 0 aliphatic carbocycles. The minimum absolute atomic E-state index is 0.0853. The Bertz CT molecular complexity index is 1360. The van der Waals surface area contributed by atoms with Gasteiger partial charge in [-0.1, -0.05) is 12.1 Å². The summed E-state index contributed by atoms with van der Waals surface area (Å²) in [6, 6.07) is 16.6. The topological polar surface area (TPSA) is 103 Å². The van der Waals surface area contributed by atoms with Crippen molar-refractivity contribution in [2.75, 3.05) is 32.2 Å². The van der Waals surface area contributed by atoms with Crippen LogP contribution in [0.1, 0.15) is 11.1 Å². The van der Waals surface area contributed by atoms with Crippen LogP contribution in [-0.2, 0) is 21.4 Å². The summed E-state index contributed by atoms with van der Waals surface area (Å²) >= 11 is 0. The molecule has 1 amide bonds. The number of hydrogen-bond donors (Lipinski definition) is 1. The first-order valence-electron chi connectivity index (χ1n) is 11.2. The minimum atomic E-state index is -3.98. The quantitative estimate of drug-likeness (QED) is 0.494. The average molecular weight is 513 g/mol. The van der Waals surface area contributed by atoms with Crippen molar-refractivity contribution < 1.29 is 32.2 Å². The van der Waals surface area contributed by atoms with E-state index in [-0.39, 0.29) is 18.0 Å². The van der Waals surface area contributed by atoms with Crippen LogP contribution in [0.4, 0.5) is 5.69 Å². The van der Waals surface area contributed by atoms with Gasteiger partial charge in [0.15, 0.2) is 17.6 Å². The number of ether oxygens (including phenoxy) is 4. The molecule has 1 N–H and O–H groups in total. The fourth-order valence-electron chi connectivity index (χ4n) is 3.89. The number of nitrogens with zero attached hydrogens (tertiary/aromatic N) is 1. The van der Waals surface area contributed by atoms with Crippen molar-refractivity contribution in [2.45, 2.75) is 24.5 Å². The number of hydrogen-bond acceptors (Lipinski definition) is 7. The SMILES string of the molecule is COc1ccc(S(=O)(=O)N2CC(C(=O)NCc3ccc(OC)c(OC)c3)Oc3ccc(C)cc32)cc1. The van der Waals surface area contributed by atoms with Crippen LogP contribution < -0.4 is 28.6 Å². The highest BCUT2D eigenvalue weighted by Gasteiger charge is 2.37. The molecule has 190 valence electrons. The van der Waals surface area contributed by atoms with Gasteiger partial charge in [0.1, 0.15) is 11.5 Å². The van der Waals surface area contributed by atoms with Crippen LogP contribution in [0.2, 0.25) is 0 Å². The number of methoxy groups -OCH3 is 3. The monoisotopic (exact) mass is 512 g/mol. The number of rotatable bonds is 8. The molecule has 0 fully saturated rings. The molecule has 1 unspecified atom stereocenters. The predicted octanol–water partition coefficient (Wildman–Crippen LogP) is 3.29. The maximum Gasteiger partial charge on any atom is 0.264 e. The second kappa shape index (κ2) is 10.4. The summed E-state index contributed by atoms with van der Waals surface area (Å²) in [6.45, 7) is 1.88. The Balaban J connectivity index is 1.58. The summed E-state index contributed by atoms with van der Waals surface area (Å²) in [5.41, 5.74) is 2.04. The Hall–Kier alpha value is -3.92. The largest absolute Gasteiger partial charge is 0.497 e. The summed E-state index contributed by atoms with van der Waals surface area (Å²) in [5.74, 6) is 1.54. The van der Waals surface area contributed by atoms with Crippen LogP contribution in [0, 0.1) is 6.92 Å². The molecule has 3 aromatic carbocycles. The highest BCUT2D eigenvalue weighted by Crippen LogP contribution is 2.38. The fraction of sp³-hybridized carbons (Fsp3) is 0.269. The van der Waals surface area contributed by atoms with Crippen molar-refractivity contribution >= 4 is 21.6 Å². The van der Waals surface area contributed by atoms with Gasteiger partial charge in [-0.25, -0.2) is 8.42 Å². The second-order valence-corrected chi connectivity index (χ2v) is 10.1. The summed E-state index contributed by atoms with van der Waals surface area (Å²) in [5, 5.41) is 2.83. The smallest absolute Gasteiger partial charge is 0.264 e. The molecule has 1 atom stereocenters. The Morgan fingerprint density at radius 2 is 1.69 bits per heavy atom. The highest BCUT2D eigenvalue weighted by molar-refractivity contribution is 7.92. The van der Waals surface area contributed by atoms with Crippen LogP contribution in [0.3, 0.4) is 0 Å². The molecule has 0 spiro atoms. The zero-order valence-electron chi connectivity index (χ0n) is 20.5. The lowest BCUT2D eigenvalue weighted by Crippen LogP contribution is -2.50. The Morgan fingerprint density at radius 3 is 2.36 bits per heavy atom.